The third-order valence-corrected chi connectivity index (χ3v) is 6.31. The average Bonchev–Trinajstić information content (AvgIpc) is 3.14. The second kappa shape index (κ2) is 11.3. The molecule has 1 fully saturated rings. The Morgan fingerprint density at radius 2 is 1.70 bits per heavy atom. The van der Waals surface area contributed by atoms with Crippen LogP contribution in [0.4, 0.5) is 4.39 Å². The Labute approximate surface area is 215 Å². The lowest BCUT2D eigenvalue weighted by Crippen LogP contribution is -2.29. The Kier molecular flexibility index (Phi) is 7.92. The molecule has 3 aromatic rings. The predicted octanol–water partition coefficient (Wildman–Crippen LogP) is 5.88. The number of hydrogen-bond acceptors (Lipinski definition) is 5. The molecule has 0 saturated carbocycles. The summed E-state index contributed by atoms with van der Waals surface area (Å²) in [6, 6.07) is 18.8. The topological polar surface area (TPSA) is 76.1 Å². The highest BCUT2D eigenvalue weighted by Crippen LogP contribution is 2.42. The summed E-state index contributed by atoms with van der Waals surface area (Å²) in [5.41, 5.74) is 1.58. The summed E-state index contributed by atoms with van der Waals surface area (Å²) >= 11 is 0. The number of hydrogen-bond donors (Lipinski definition) is 1. The molecule has 1 aliphatic rings. The Morgan fingerprint density at radius 1 is 1.00 bits per heavy atom. The second-order valence-corrected chi connectivity index (χ2v) is 9.36. The van der Waals surface area contributed by atoms with Crippen LogP contribution in [0.3, 0.4) is 0 Å². The summed E-state index contributed by atoms with van der Waals surface area (Å²) in [6.07, 6.45) is 0.875. The van der Waals surface area contributed by atoms with Gasteiger partial charge in [0.1, 0.15) is 11.6 Å². The van der Waals surface area contributed by atoms with Gasteiger partial charge in [0.2, 0.25) is 0 Å². The van der Waals surface area contributed by atoms with Gasteiger partial charge in [-0.05, 0) is 59.9 Å². The minimum absolute atomic E-state index is 0.0666. The van der Waals surface area contributed by atoms with Crippen molar-refractivity contribution in [1.29, 1.82) is 0 Å². The molecular formula is C30H30FNO5. The van der Waals surface area contributed by atoms with Crippen LogP contribution in [0.5, 0.6) is 11.5 Å². The molecule has 4 rings (SSSR count). The molecule has 0 aliphatic carbocycles. The van der Waals surface area contributed by atoms with Crippen LogP contribution in [0.2, 0.25) is 0 Å². The van der Waals surface area contributed by atoms with Gasteiger partial charge >= 0.3 is 0 Å². The number of carbonyl (C=O) groups excluding carboxylic acids is 2. The number of likely N-dealkylation sites (tertiary alicyclic amines) is 1. The van der Waals surface area contributed by atoms with Gasteiger partial charge in [-0.1, -0.05) is 50.2 Å². The van der Waals surface area contributed by atoms with E-state index < -0.39 is 23.5 Å². The summed E-state index contributed by atoms with van der Waals surface area (Å²) in [5.74, 6) is -0.897. The maximum absolute atomic E-state index is 13.5. The van der Waals surface area contributed by atoms with Crippen LogP contribution in [-0.2, 0) is 16.1 Å². The fraction of sp³-hybridized carbons (Fsp3) is 0.267. The molecule has 3 aromatic carbocycles. The van der Waals surface area contributed by atoms with Crippen molar-refractivity contribution in [2.45, 2.75) is 32.9 Å². The number of carbonyl (C=O) groups is 2. The molecule has 0 aromatic heterocycles. The molecule has 1 unspecified atom stereocenters. The van der Waals surface area contributed by atoms with E-state index in [4.69, 9.17) is 9.47 Å². The van der Waals surface area contributed by atoms with Crippen LogP contribution in [0.25, 0.3) is 5.76 Å². The van der Waals surface area contributed by atoms with Crippen molar-refractivity contribution in [3.63, 3.8) is 0 Å². The van der Waals surface area contributed by atoms with Gasteiger partial charge in [0.15, 0.2) is 11.5 Å². The smallest absolute Gasteiger partial charge is 0.295 e. The van der Waals surface area contributed by atoms with Gasteiger partial charge in [0, 0.05) is 12.1 Å². The van der Waals surface area contributed by atoms with Crippen molar-refractivity contribution in [2.24, 2.45) is 5.92 Å². The standard InChI is InChI=1S/C30H30FNO5/c1-19(2)15-16-37-24-14-11-22(17-25(24)36-3)27-26(28(33)21-9-12-23(31)13-10-21)29(34)30(35)32(27)18-20-7-5-4-6-8-20/h4-14,17,19,27,33H,15-16,18H2,1-3H3/b28-26+. The summed E-state index contributed by atoms with van der Waals surface area (Å²) in [5, 5.41) is 11.2. The van der Waals surface area contributed by atoms with E-state index in [1.165, 1.54) is 36.3 Å². The first-order chi connectivity index (χ1) is 17.8. The SMILES string of the molecule is COc1cc(C2/C(=C(\O)c3ccc(F)cc3)C(=O)C(=O)N2Cc2ccccc2)ccc1OCCC(C)C. The molecule has 1 heterocycles. The first kappa shape index (κ1) is 25.9. The van der Waals surface area contributed by atoms with Gasteiger partial charge in [0.05, 0.1) is 25.3 Å². The fourth-order valence-corrected chi connectivity index (χ4v) is 4.31. The molecule has 0 spiro atoms. The summed E-state index contributed by atoms with van der Waals surface area (Å²) < 4.78 is 25.0. The van der Waals surface area contributed by atoms with Crippen molar-refractivity contribution in [2.75, 3.05) is 13.7 Å². The lowest BCUT2D eigenvalue weighted by molar-refractivity contribution is -0.140. The first-order valence-corrected chi connectivity index (χ1v) is 12.2. The molecule has 1 N–H and O–H groups in total. The predicted molar refractivity (Wildman–Crippen MR) is 139 cm³/mol. The zero-order valence-electron chi connectivity index (χ0n) is 21.1. The Morgan fingerprint density at radius 3 is 2.35 bits per heavy atom. The molecule has 0 bridgehead atoms. The highest BCUT2D eigenvalue weighted by molar-refractivity contribution is 6.46. The van der Waals surface area contributed by atoms with E-state index in [0.717, 1.165) is 12.0 Å². The van der Waals surface area contributed by atoms with Gasteiger partial charge in [0.25, 0.3) is 11.7 Å². The van der Waals surface area contributed by atoms with Gasteiger partial charge in [-0.15, -0.1) is 0 Å². The molecule has 192 valence electrons. The van der Waals surface area contributed by atoms with Gasteiger partial charge < -0.3 is 19.5 Å². The quantitative estimate of drug-likeness (QED) is 0.224. The van der Waals surface area contributed by atoms with Crippen molar-refractivity contribution >= 4 is 17.4 Å². The maximum Gasteiger partial charge on any atom is 0.295 e. The molecule has 0 radical (unpaired) electrons. The number of ketones is 1. The average molecular weight is 504 g/mol. The Bertz CT molecular complexity index is 1300. The molecule has 1 atom stereocenters. The van der Waals surface area contributed by atoms with Crippen molar-refractivity contribution < 1.29 is 28.6 Å². The van der Waals surface area contributed by atoms with E-state index in [1.807, 2.05) is 30.3 Å². The maximum atomic E-state index is 13.5. The molecule has 6 nitrogen and oxygen atoms in total. The monoisotopic (exact) mass is 503 g/mol. The van der Waals surface area contributed by atoms with Crippen molar-refractivity contribution in [3.05, 3.63) is 101 Å². The van der Waals surface area contributed by atoms with Crippen LogP contribution in [-0.4, -0.2) is 35.4 Å². The fourth-order valence-electron chi connectivity index (χ4n) is 4.31. The largest absolute Gasteiger partial charge is 0.507 e. The number of Topliss-reactive ketones (excluding diaryl/α,β-unsaturated/α-hetero) is 1. The molecule has 1 amide bonds. The zero-order valence-corrected chi connectivity index (χ0v) is 21.1. The van der Waals surface area contributed by atoms with Crippen LogP contribution < -0.4 is 9.47 Å². The number of nitrogens with zero attached hydrogens (tertiary/aromatic N) is 1. The van der Waals surface area contributed by atoms with Gasteiger partial charge in [-0.25, -0.2) is 4.39 Å². The minimum atomic E-state index is -0.885. The number of amides is 1. The number of aliphatic hydroxyl groups is 1. The van der Waals surface area contributed by atoms with Gasteiger partial charge in [-0.2, -0.15) is 0 Å². The number of halogens is 1. The molecule has 37 heavy (non-hydrogen) atoms. The number of aliphatic hydroxyl groups excluding tert-OH is 1. The lowest BCUT2D eigenvalue weighted by Gasteiger charge is -2.26. The number of rotatable bonds is 9. The number of ether oxygens (including phenoxy) is 2. The van der Waals surface area contributed by atoms with Crippen LogP contribution in [0.15, 0.2) is 78.4 Å². The van der Waals surface area contributed by atoms with E-state index >= 15 is 0 Å². The first-order valence-electron chi connectivity index (χ1n) is 12.2. The highest BCUT2D eigenvalue weighted by Gasteiger charge is 2.46. The van der Waals surface area contributed by atoms with Gasteiger partial charge in [-0.3, -0.25) is 9.59 Å². The van der Waals surface area contributed by atoms with E-state index in [9.17, 15) is 19.1 Å². The molecule has 1 aliphatic heterocycles. The lowest BCUT2D eigenvalue weighted by atomic mass is 9.94. The van der Waals surface area contributed by atoms with E-state index in [-0.39, 0.29) is 23.4 Å². The Balaban J connectivity index is 1.80. The van der Waals surface area contributed by atoms with Crippen LogP contribution in [0, 0.1) is 11.7 Å². The Hall–Kier alpha value is -4.13. The normalized spacial score (nSPS) is 16.9. The van der Waals surface area contributed by atoms with E-state index in [1.54, 1.807) is 18.2 Å². The summed E-state index contributed by atoms with van der Waals surface area (Å²) in [6.45, 7) is 4.90. The van der Waals surface area contributed by atoms with Crippen molar-refractivity contribution in [3.8, 4) is 11.5 Å². The van der Waals surface area contributed by atoms with E-state index in [2.05, 4.69) is 13.8 Å². The van der Waals surface area contributed by atoms with Crippen LogP contribution >= 0.6 is 0 Å². The second-order valence-electron chi connectivity index (χ2n) is 9.36. The minimum Gasteiger partial charge on any atom is -0.507 e. The highest BCUT2D eigenvalue weighted by atomic mass is 19.1. The molecule has 7 heteroatoms. The van der Waals surface area contributed by atoms with Crippen LogP contribution in [0.1, 0.15) is 43.0 Å². The zero-order chi connectivity index (χ0) is 26.5. The third-order valence-electron chi connectivity index (χ3n) is 6.31. The summed E-state index contributed by atoms with van der Waals surface area (Å²) in [4.78, 5) is 27.9. The molecular weight excluding hydrogens is 473 g/mol. The summed E-state index contributed by atoms with van der Waals surface area (Å²) in [7, 11) is 1.52. The number of benzene rings is 3. The van der Waals surface area contributed by atoms with E-state index in [0.29, 0.717) is 29.6 Å². The molecule has 1 saturated heterocycles. The number of methoxy groups -OCH3 is 1. The third kappa shape index (κ3) is 5.66. The van der Waals surface area contributed by atoms with Crippen molar-refractivity contribution in [1.82, 2.24) is 4.90 Å².